The molecule has 1 aliphatic rings. The summed E-state index contributed by atoms with van der Waals surface area (Å²) in [7, 11) is 2.04. The van der Waals surface area contributed by atoms with Gasteiger partial charge in [-0.25, -0.2) is 0 Å². The molecule has 16 heavy (non-hydrogen) atoms. The number of ether oxygens (including phenoxy) is 2. The van der Waals surface area contributed by atoms with Crippen LogP contribution in [0.15, 0.2) is 12.1 Å². The molecule has 2 rings (SSSR count). The summed E-state index contributed by atoms with van der Waals surface area (Å²) >= 11 is 0. The van der Waals surface area contributed by atoms with Gasteiger partial charge in [-0.05, 0) is 26.1 Å². The van der Waals surface area contributed by atoms with Crippen molar-refractivity contribution in [3.05, 3.63) is 17.7 Å². The highest BCUT2D eigenvalue weighted by Gasteiger charge is 2.17. The predicted molar refractivity (Wildman–Crippen MR) is 60.9 cm³/mol. The molecule has 1 aromatic rings. The van der Waals surface area contributed by atoms with Gasteiger partial charge in [-0.1, -0.05) is 6.92 Å². The Hall–Kier alpha value is -1.42. The van der Waals surface area contributed by atoms with Crippen molar-refractivity contribution >= 4 is 0 Å². The Bertz CT molecular complexity index is 379. The standard InChI is InChI=1S/C12H17NO3/c1-3-4-13(2)7-9-5-11-12(6-10(9)14)16-8-15-11/h5-6,14H,3-4,7-8H2,1-2H3. The molecule has 0 saturated carbocycles. The highest BCUT2D eigenvalue weighted by molar-refractivity contribution is 5.51. The van der Waals surface area contributed by atoms with Crippen LogP contribution in [0.3, 0.4) is 0 Å². The number of hydrogen-bond acceptors (Lipinski definition) is 4. The van der Waals surface area contributed by atoms with E-state index in [-0.39, 0.29) is 12.5 Å². The fourth-order valence-corrected chi connectivity index (χ4v) is 1.85. The number of rotatable bonds is 4. The van der Waals surface area contributed by atoms with Crippen LogP contribution in [0.5, 0.6) is 17.2 Å². The van der Waals surface area contributed by atoms with Crippen LogP contribution >= 0.6 is 0 Å². The summed E-state index contributed by atoms with van der Waals surface area (Å²) < 4.78 is 10.5. The van der Waals surface area contributed by atoms with Crippen molar-refractivity contribution in [1.29, 1.82) is 0 Å². The monoisotopic (exact) mass is 223 g/mol. The number of phenolic OH excluding ortho intramolecular Hbond substituents is 1. The molecule has 0 radical (unpaired) electrons. The summed E-state index contributed by atoms with van der Waals surface area (Å²) in [5.74, 6) is 1.62. The number of nitrogens with zero attached hydrogens (tertiary/aromatic N) is 1. The lowest BCUT2D eigenvalue weighted by molar-refractivity contribution is 0.174. The molecule has 0 aromatic heterocycles. The first-order valence-electron chi connectivity index (χ1n) is 5.50. The van der Waals surface area contributed by atoms with E-state index in [2.05, 4.69) is 11.8 Å². The van der Waals surface area contributed by atoms with Gasteiger partial charge in [0.15, 0.2) is 11.5 Å². The molecular formula is C12H17NO3. The van der Waals surface area contributed by atoms with E-state index in [0.29, 0.717) is 5.75 Å². The van der Waals surface area contributed by atoms with E-state index in [1.165, 1.54) is 0 Å². The quantitative estimate of drug-likeness (QED) is 0.847. The van der Waals surface area contributed by atoms with Crippen molar-refractivity contribution in [3.63, 3.8) is 0 Å². The molecule has 1 aliphatic heterocycles. The van der Waals surface area contributed by atoms with Crippen LogP contribution in [0.25, 0.3) is 0 Å². The molecule has 4 nitrogen and oxygen atoms in total. The van der Waals surface area contributed by atoms with E-state index in [1.807, 2.05) is 13.1 Å². The molecule has 0 spiro atoms. The van der Waals surface area contributed by atoms with Crippen LogP contribution < -0.4 is 9.47 Å². The second-order valence-corrected chi connectivity index (χ2v) is 4.07. The number of aromatic hydroxyl groups is 1. The van der Waals surface area contributed by atoms with E-state index in [0.717, 1.165) is 30.8 Å². The van der Waals surface area contributed by atoms with Gasteiger partial charge in [0.2, 0.25) is 6.79 Å². The first-order chi connectivity index (χ1) is 7.70. The topological polar surface area (TPSA) is 41.9 Å². The van der Waals surface area contributed by atoms with Crippen molar-refractivity contribution in [2.45, 2.75) is 19.9 Å². The average molecular weight is 223 g/mol. The summed E-state index contributed by atoms with van der Waals surface area (Å²) in [5, 5.41) is 9.83. The Morgan fingerprint density at radius 3 is 2.69 bits per heavy atom. The summed E-state index contributed by atoms with van der Waals surface area (Å²) in [6.07, 6.45) is 1.10. The van der Waals surface area contributed by atoms with Crippen LogP contribution in [-0.2, 0) is 6.54 Å². The SMILES string of the molecule is CCCN(C)Cc1cc2c(cc1O)OCO2. The largest absolute Gasteiger partial charge is 0.507 e. The third-order valence-corrected chi connectivity index (χ3v) is 2.62. The lowest BCUT2D eigenvalue weighted by atomic mass is 10.1. The highest BCUT2D eigenvalue weighted by atomic mass is 16.7. The second-order valence-electron chi connectivity index (χ2n) is 4.07. The van der Waals surface area contributed by atoms with Gasteiger partial charge in [0, 0.05) is 18.2 Å². The molecule has 88 valence electrons. The first kappa shape index (κ1) is 11.1. The zero-order valence-electron chi connectivity index (χ0n) is 9.69. The molecule has 0 unspecified atom stereocenters. The fourth-order valence-electron chi connectivity index (χ4n) is 1.85. The van der Waals surface area contributed by atoms with Crippen LogP contribution in [0.1, 0.15) is 18.9 Å². The van der Waals surface area contributed by atoms with Crippen molar-refractivity contribution in [2.75, 3.05) is 20.4 Å². The Labute approximate surface area is 95.4 Å². The molecule has 0 saturated heterocycles. The molecule has 0 aliphatic carbocycles. The zero-order valence-corrected chi connectivity index (χ0v) is 9.69. The molecule has 1 aromatic carbocycles. The minimum Gasteiger partial charge on any atom is -0.507 e. The molecule has 1 heterocycles. The first-order valence-corrected chi connectivity index (χ1v) is 5.50. The smallest absolute Gasteiger partial charge is 0.231 e. The highest BCUT2D eigenvalue weighted by Crippen LogP contribution is 2.37. The van der Waals surface area contributed by atoms with E-state index in [4.69, 9.17) is 9.47 Å². The predicted octanol–water partition coefficient (Wildman–Crippen LogP) is 1.96. The molecule has 0 bridgehead atoms. The number of phenols is 1. The Kier molecular flexibility index (Phi) is 3.19. The van der Waals surface area contributed by atoms with Crippen molar-refractivity contribution < 1.29 is 14.6 Å². The van der Waals surface area contributed by atoms with Gasteiger partial charge in [-0.15, -0.1) is 0 Å². The summed E-state index contributed by atoms with van der Waals surface area (Å²) in [4.78, 5) is 2.16. The second kappa shape index (κ2) is 4.61. The van der Waals surface area contributed by atoms with E-state index in [1.54, 1.807) is 6.07 Å². The number of benzene rings is 1. The maximum atomic E-state index is 9.83. The molecular weight excluding hydrogens is 206 g/mol. The van der Waals surface area contributed by atoms with Crippen molar-refractivity contribution in [2.24, 2.45) is 0 Å². The fraction of sp³-hybridized carbons (Fsp3) is 0.500. The third-order valence-electron chi connectivity index (χ3n) is 2.62. The molecule has 0 amide bonds. The van der Waals surface area contributed by atoms with Gasteiger partial charge in [0.05, 0.1) is 0 Å². The zero-order chi connectivity index (χ0) is 11.5. The Balaban J connectivity index is 2.15. The van der Waals surface area contributed by atoms with Gasteiger partial charge in [-0.3, -0.25) is 0 Å². The summed E-state index contributed by atoms with van der Waals surface area (Å²) in [5.41, 5.74) is 0.875. The number of hydrogen-bond donors (Lipinski definition) is 1. The average Bonchev–Trinajstić information content (AvgIpc) is 2.65. The minimum absolute atomic E-state index is 0.239. The van der Waals surface area contributed by atoms with Crippen LogP contribution in [0.2, 0.25) is 0 Å². The summed E-state index contributed by atoms with van der Waals surface area (Å²) in [6, 6.07) is 3.47. The van der Waals surface area contributed by atoms with Crippen LogP contribution in [-0.4, -0.2) is 30.4 Å². The van der Waals surface area contributed by atoms with Crippen LogP contribution in [0, 0.1) is 0 Å². The lowest BCUT2D eigenvalue weighted by Crippen LogP contribution is -2.18. The number of fused-ring (bicyclic) bond motifs is 1. The van der Waals surface area contributed by atoms with E-state index < -0.39 is 0 Å². The molecule has 4 heteroatoms. The Morgan fingerprint density at radius 2 is 2.00 bits per heavy atom. The van der Waals surface area contributed by atoms with Gasteiger partial charge < -0.3 is 19.5 Å². The van der Waals surface area contributed by atoms with Crippen molar-refractivity contribution in [3.8, 4) is 17.2 Å². The maximum Gasteiger partial charge on any atom is 0.231 e. The van der Waals surface area contributed by atoms with Crippen LogP contribution in [0.4, 0.5) is 0 Å². The van der Waals surface area contributed by atoms with E-state index >= 15 is 0 Å². The van der Waals surface area contributed by atoms with Gasteiger partial charge in [0.25, 0.3) is 0 Å². The normalized spacial score (nSPS) is 13.4. The van der Waals surface area contributed by atoms with Gasteiger partial charge in [-0.2, -0.15) is 0 Å². The van der Waals surface area contributed by atoms with Gasteiger partial charge >= 0.3 is 0 Å². The Morgan fingerprint density at radius 1 is 1.31 bits per heavy atom. The summed E-state index contributed by atoms with van der Waals surface area (Å²) in [6.45, 7) is 4.10. The van der Waals surface area contributed by atoms with E-state index in [9.17, 15) is 5.11 Å². The minimum atomic E-state index is 0.239. The molecule has 1 N–H and O–H groups in total. The van der Waals surface area contributed by atoms with Gasteiger partial charge in [0.1, 0.15) is 5.75 Å². The van der Waals surface area contributed by atoms with Crippen molar-refractivity contribution in [1.82, 2.24) is 4.90 Å². The lowest BCUT2D eigenvalue weighted by Gasteiger charge is -2.16. The maximum absolute atomic E-state index is 9.83. The molecule has 0 atom stereocenters. The molecule has 0 fully saturated rings. The third kappa shape index (κ3) is 2.22.